The second-order valence-electron chi connectivity index (χ2n) is 7.44. The van der Waals surface area contributed by atoms with Crippen LogP contribution >= 0.6 is 0 Å². The second-order valence-corrected chi connectivity index (χ2v) is 7.44. The number of hydrogen-bond acceptors (Lipinski definition) is 5. The van der Waals surface area contributed by atoms with Crippen LogP contribution in [0.3, 0.4) is 0 Å². The summed E-state index contributed by atoms with van der Waals surface area (Å²) in [4.78, 5) is 37.7. The van der Waals surface area contributed by atoms with Crippen molar-refractivity contribution in [2.45, 2.75) is 6.42 Å². The van der Waals surface area contributed by atoms with Gasteiger partial charge in [0.25, 0.3) is 0 Å². The maximum absolute atomic E-state index is 12.6. The monoisotopic (exact) mass is 393 g/mol. The fraction of sp³-hybridized carbons (Fsp3) is 0.409. The average Bonchev–Trinajstić information content (AvgIpc) is 2.80. The standard InChI is InChI=1S/C22H27N5O2/c28-21(26-14-10-24(11-15-26)19-6-2-1-3-7-19)18-22(29)27-16-12-25(13-17-27)20-8-4-5-9-23-20/h1-9H,10-18H2. The molecule has 0 N–H and O–H groups in total. The molecule has 2 fully saturated rings. The van der Waals surface area contributed by atoms with E-state index in [9.17, 15) is 9.59 Å². The Kier molecular flexibility index (Phi) is 5.93. The number of hydrogen-bond donors (Lipinski definition) is 0. The molecule has 152 valence electrons. The molecule has 29 heavy (non-hydrogen) atoms. The minimum absolute atomic E-state index is 0.0328. The van der Waals surface area contributed by atoms with Gasteiger partial charge in [0.2, 0.25) is 11.8 Å². The van der Waals surface area contributed by atoms with Gasteiger partial charge in [-0.3, -0.25) is 9.59 Å². The maximum atomic E-state index is 12.6. The summed E-state index contributed by atoms with van der Waals surface area (Å²) in [7, 11) is 0. The van der Waals surface area contributed by atoms with E-state index in [1.165, 1.54) is 5.69 Å². The van der Waals surface area contributed by atoms with Gasteiger partial charge in [0.15, 0.2) is 0 Å². The van der Waals surface area contributed by atoms with Crippen LogP contribution in [0.25, 0.3) is 0 Å². The SMILES string of the molecule is O=C(CC(=O)N1CCN(c2ccccn2)CC1)N1CCN(c2ccccc2)CC1. The molecule has 0 aliphatic carbocycles. The number of carbonyl (C=O) groups excluding carboxylic acids is 2. The Morgan fingerprint density at radius 3 is 1.79 bits per heavy atom. The highest BCUT2D eigenvalue weighted by Crippen LogP contribution is 2.17. The summed E-state index contributed by atoms with van der Waals surface area (Å²) in [5, 5.41) is 0. The maximum Gasteiger partial charge on any atom is 0.232 e. The molecule has 0 atom stereocenters. The molecule has 2 saturated heterocycles. The fourth-order valence-corrected chi connectivity index (χ4v) is 3.93. The van der Waals surface area contributed by atoms with Crippen LogP contribution in [0, 0.1) is 0 Å². The predicted molar refractivity (Wildman–Crippen MR) is 113 cm³/mol. The number of piperazine rings is 2. The van der Waals surface area contributed by atoms with Gasteiger partial charge in [-0.2, -0.15) is 0 Å². The summed E-state index contributed by atoms with van der Waals surface area (Å²) in [6.45, 7) is 5.66. The van der Waals surface area contributed by atoms with Gasteiger partial charge in [-0.15, -0.1) is 0 Å². The van der Waals surface area contributed by atoms with Crippen molar-refractivity contribution in [1.82, 2.24) is 14.8 Å². The van der Waals surface area contributed by atoms with Crippen molar-refractivity contribution >= 4 is 23.3 Å². The van der Waals surface area contributed by atoms with Crippen LogP contribution in [0.1, 0.15) is 6.42 Å². The number of nitrogens with zero attached hydrogens (tertiary/aromatic N) is 5. The first-order valence-corrected chi connectivity index (χ1v) is 10.2. The third kappa shape index (κ3) is 4.67. The zero-order valence-corrected chi connectivity index (χ0v) is 16.6. The van der Waals surface area contributed by atoms with Crippen LogP contribution in [-0.4, -0.2) is 79.0 Å². The molecule has 0 unspecified atom stereocenters. The number of aromatic nitrogens is 1. The van der Waals surface area contributed by atoms with Crippen molar-refractivity contribution in [3.63, 3.8) is 0 Å². The first-order chi connectivity index (χ1) is 14.2. The first kappa shape index (κ1) is 19.2. The van der Waals surface area contributed by atoms with Gasteiger partial charge in [-0.05, 0) is 24.3 Å². The molecular formula is C22H27N5O2. The molecule has 2 aromatic rings. The van der Waals surface area contributed by atoms with E-state index in [1.807, 2.05) is 41.3 Å². The summed E-state index contributed by atoms with van der Waals surface area (Å²) < 4.78 is 0. The van der Waals surface area contributed by atoms with E-state index >= 15 is 0 Å². The molecule has 1 aromatic carbocycles. The minimum atomic E-state index is -0.0684. The van der Waals surface area contributed by atoms with Crippen LogP contribution in [0.4, 0.5) is 11.5 Å². The van der Waals surface area contributed by atoms with Crippen molar-refractivity contribution in [3.8, 4) is 0 Å². The number of benzene rings is 1. The second kappa shape index (κ2) is 8.94. The van der Waals surface area contributed by atoms with E-state index in [0.717, 1.165) is 32.0 Å². The molecule has 3 heterocycles. The Hall–Kier alpha value is -3.09. The number of rotatable bonds is 4. The molecule has 0 saturated carbocycles. The molecule has 7 heteroatoms. The van der Waals surface area contributed by atoms with E-state index in [1.54, 1.807) is 11.1 Å². The van der Waals surface area contributed by atoms with E-state index in [0.29, 0.717) is 26.2 Å². The van der Waals surface area contributed by atoms with Gasteiger partial charge >= 0.3 is 0 Å². The van der Waals surface area contributed by atoms with Gasteiger partial charge in [-0.25, -0.2) is 4.98 Å². The summed E-state index contributed by atoms with van der Waals surface area (Å²) in [5.41, 5.74) is 1.18. The van der Waals surface area contributed by atoms with Crippen LogP contribution in [-0.2, 0) is 9.59 Å². The fourth-order valence-electron chi connectivity index (χ4n) is 3.93. The highest BCUT2D eigenvalue weighted by atomic mass is 16.2. The topological polar surface area (TPSA) is 60.0 Å². The molecule has 1 aromatic heterocycles. The van der Waals surface area contributed by atoms with Gasteiger partial charge in [0.1, 0.15) is 12.2 Å². The van der Waals surface area contributed by atoms with E-state index < -0.39 is 0 Å². The van der Waals surface area contributed by atoms with Gasteiger partial charge in [-0.1, -0.05) is 24.3 Å². The summed E-state index contributed by atoms with van der Waals surface area (Å²) >= 11 is 0. The van der Waals surface area contributed by atoms with Gasteiger partial charge in [0, 0.05) is 64.2 Å². The van der Waals surface area contributed by atoms with Crippen molar-refractivity contribution in [1.29, 1.82) is 0 Å². The van der Waals surface area contributed by atoms with Crippen molar-refractivity contribution < 1.29 is 9.59 Å². The lowest BCUT2D eigenvalue weighted by Crippen LogP contribution is -2.52. The molecule has 0 spiro atoms. The highest BCUT2D eigenvalue weighted by molar-refractivity contribution is 5.97. The molecular weight excluding hydrogens is 366 g/mol. The number of para-hydroxylation sites is 1. The van der Waals surface area contributed by atoms with Gasteiger partial charge < -0.3 is 19.6 Å². The molecule has 0 radical (unpaired) electrons. The number of carbonyl (C=O) groups is 2. The summed E-state index contributed by atoms with van der Waals surface area (Å²) in [6.07, 6.45) is 1.75. The number of amides is 2. The summed E-state index contributed by atoms with van der Waals surface area (Å²) in [6, 6.07) is 16.1. The third-order valence-electron chi connectivity index (χ3n) is 5.66. The Morgan fingerprint density at radius 2 is 1.24 bits per heavy atom. The van der Waals surface area contributed by atoms with E-state index in [4.69, 9.17) is 0 Å². The Balaban J connectivity index is 1.23. The molecule has 2 aliphatic heterocycles. The normalized spacial score (nSPS) is 17.4. The molecule has 0 bridgehead atoms. The molecule has 7 nitrogen and oxygen atoms in total. The Labute approximate surface area is 171 Å². The van der Waals surface area contributed by atoms with Crippen LogP contribution in [0.15, 0.2) is 54.7 Å². The van der Waals surface area contributed by atoms with Gasteiger partial charge in [0.05, 0.1) is 0 Å². The van der Waals surface area contributed by atoms with Crippen molar-refractivity contribution in [2.24, 2.45) is 0 Å². The first-order valence-electron chi connectivity index (χ1n) is 10.2. The van der Waals surface area contributed by atoms with Crippen molar-refractivity contribution in [3.05, 3.63) is 54.7 Å². The Bertz CT molecular complexity index is 744. The highest BCUT2D eigenvalue weighted by Gasteiger charge is 2.27. The Morgan fingerprint density at radius 1 is 0.690 bits per heavy atom. The number of pyridine rings is 1. The lowest BCUT2D eigenvalue weighted by Gasteiger charge is -2.37. The molecule has 4 rings (SSSR count). The van der Waals surface area contributed by atoms with Crippen LogP contribution in [0.2, 0.25) is 0 Å². The largest absolute Gasteiger partial charge is 0.368 e. The van der Waals surface area contributed by atoms with E-state index in [-0.39, 0.29) is 18.2 Å². The minimum Gasteiger partial charge on any atom is -0.368 e. The average molecular weight is 393 g/mol. The zero-order valence-electron chi connectivity index (χ0n) is 16.6. The molecule has 2 amide bonds. The zero-order chi connectivity index (χ0) is 20.1. The quantitative estimate of drug-likeness (QED) is 0.737. The van der Waals surface area contributed by atoms with Crippen molar-refractivity contribution in [2.75, 3.05) is 62.2 Å². The van der Waals surface area contributed by atoms with Crippen LogP contribution in [0.5, 0.6) is 0 Å². The van der Waals surface area contributed by atoms with Crippen LogP contribution < -0.4 is 9.80 Å². The third-order valence-corrected chi connectivity index (χ3v) is 5.66. The lowest BCUT2D eigenvalue weighted by atomic mass is 10.2. The molecule has 2 aliphatic rings. The number of anilines is 2. The van der Waals surface area contributed by atoms with E-state index in [2.05, 4.69) is 26.9 Å². The smallest absolute Gasteiger partial charge is 0.232 e. The predicted octanol–water partition coefficient (Wildman–Crippen LogP) is 1.47. The lowest BCUT2D eigenvalue weighted by molar-refractivity contribution is -0.141. The summed E-state index contributed by atoms with van der Waals surface area (Å²) in [5.74, 6) is 0.808.